The Labute approximate surface area is 213 Å². The van der Waals surface area contributed by atoms with Crippen molar-refractivity contribution in [3.63, 3.8) is 0 Å². The van der Waals surface area contributed by atoms with E-state index in [2.05, 4.69) is 15.6 Å². The molecule has 1 atom stereocenters. The maximum atomic E-state index is 13.7. The monoisotopic (exact) mass is 518 g/mol. The van der Waals surface area contributed by atoms with Crippen LogP contribution in [0.2, 0.25) is 5.02 Å². The number of hydrogen-bond acceptors (Lipinski definition) is 4. The van der Waals surface area contributed by atoms with E-state index in [1.807, 2.05) is 20.8 Å². The second-order valence-corrected chi connectivity index (χ2v) is 10.1. The van der Waals surface area contributed by atoms with E-state index in [1.54, 1.807) is 25.2 Å². The van der Waals surface area contributed by atoms with Crippen molar-refractivity contribution in [2.75, 3.05) is 19.0 Å². The number of benzene rings is 2. The fourth-order valence-electron chi connectivity index (χ4n) is 3.65. The summed E-state index contributed by atoms with van der Waals surface area (Å²) in [6.07, 6.45) is 1.31. The molecule has 3 amide bonds. The minimum absolute atomic E-state index is 0.0393. The SMILES string of the molecule is CN(C(=O)NCc1cccc(F)c1Cl)C(COC(=O)Nc1cc2cc(F)ccc2cn1)CC(C)(C)C. The Morgan fingerprint density at radius 3 is 2.61 bits per heavy atom. The standard InChI is InChI=1S/C26H29ClF2N4O3/c1-26(2,3)12-20(33(4)24(34)31-14-17-6-5-7-21(29)23(17)27)15-36-25(35)32-22-11-18-10-19(28)9-8-16(18)13-30-22/h5-11,13,20H,12,14-15H2,1-4H3,(H,31,34)(H,30,32,35). The van der Waals surface area contributed by atoms with Gasteiger partial charge in [0.2, 0.25) is 0 Å². The number of nitrogens with one attached hydrogen (secondary N) is 2. The summed E-state index contributed by atoms with van der Waals surface area (Å²) in [5.41, 5.74) is 0.277. The number of rotatable bonds is 7. The Morgan fingerprint density at radius 1 is 1.14 bits per heavy atom. The van der Waals surface area contributed by atoms with Crippen LogP contribution in [0.15, 0.2) is 48.7 Å². The summed E-state index contributed by atoms with van der Waals surface area (Å²) in [4.78, 5) is 30.8. The molecule has 0 saturated heterocycles. The predicted octanol–water partition coefficient (Wildman–Crippen LogP) is 6.36. The molecule has 0 radical (unpaired) electrons. The molecule has 3 rings (SSSR count). The van der Waals surface area contributed by atoms with Crippen LogP contribution in [0.25, 0.3) is 10.8 Å². The molecule has 1 unspecified atom stereocenters. The minimum Gasteiger partial charge on any atom is -0.447 e. The molecule has 192 valence electrons. The highest BCUT2D eigenvalue weighted by molar-refractivity contribution is 6.31. The summed E-state index contributed by atoms with van der Waals surface area (Å²) < 4.78 is 32.6. The average Bonchev–Trinajstić information content (AvgIpc) is 2.81. The van der Waals surface area contributed by atoms with Crippen molar-refractivity contribution < 1.29 is 23.1 Å². The highest BCUT2D eigenvalue weighted by atomic mass is 35.5. The molecule has 1 heterocycles. The highest BCUT2D eigenvalue weighted by Gasteiger charge is 2.27. The van der Waals surface area contributed by atoms with Crippen molar-refractivity contribution in [3.05, 3.63) is 70.9 Å². The number of fused-ring (bicyclic) bond motifs is 1. The van der Waals surface area contributed by atoms with E-state index in [4.69, 9.17) is 16.3 Å². The molecule has 0 saturated carbocycles. The Morgan fingerprint density at radius 2 is 1.89 bits per heavy atom. The van der Waals surface area contributed by atoms with Crippen LogP contribution >= 0.6 is 11.6 Å². The van der Waals surface area contributed by atoms with Gasteiger partial charge in [0.25, 0.3) is 0 Å². The van der Waals surface area contributed by atoms with Crippen molar-refractivity contribution in [2.24, 2.45) is 5.41 Å². The summed E-state index contributed by atoms with van der Waals surface area (Å²) in [7, 11) is 1.60. The van der Waals surface area contributed by atoms with E-state index in [1.165, 1.54) is 35.4 Å². The first-order chi connectivity index (χ1) is 16.9. The molecular formula is C26H29ClF2N4O3. The van der Waals surface area contributed by atoms with Gasteiger partial charge in [0.1, 0.15) is 24.1 Å². The topological polar surface area (TPSA) is 83.6 Å². The van der Waals surface area contributed by atoms with Gasteiger partial charge in [-0.25, -0.2) is 23.4 Å². The number of nitrogens with zero attached hydrogens (tertiary/aromatic N) is 2. The van der Waals surface area contributed by atoms with Crippen molar-refractivity contribution in [1.82, 2.24) is 15.2 Å². The fraction of sp³-hybridized carbons (Fsp3) is 0.346. The predicted molar refractivity (Wildman–Crippen MR) is 136 cm³/mol. The van der Waals surface area contributed by atoms with Gasteiger partial charge in [0.15, 0.2) is 0 Å². The summed E-state index contributed by atoms with van der Waals surface area (Å²) in [6.45, 7) is 6.00. The van der Waals surface area contributed by atoms with Crippen molar-refractivity contribution >= 4 is 40.3 Å². The van der Waals surface area contributed by atoms with Gasteiger partial charge in [0, 0.05) is 25.2 Å². The summed E-state index contributed by atoms with van der Waals surface area (Å²) >= 11 is 5.97. The van der Waals surface area contributed by atoms with Crippen LogP contribution in [-0.4, -0.2) is 41.7 Å². The minimum atomic E-state index is -0.752. The van der Waals surface area contributed by atoms with Crippen LogP contribution in [-0.2, 0) is 11.3 Å². The number of carbonyl (C=O) groups is 2. The number of amides is 3. The van der Waals surface area contributed by atoms with Crippen LogP contribution < -0.4 is 10.6 Å². The van der Waals surface area contributed by atoms with Gasteiger partial charge in [-0.1, -0.05) is 44.5 Å². The summed E-state index contributed by atoms with van der Waals surface area (Å²) in [5.74, 6) is -0.746. The largest absolute Gasteiger partial charge is 0.447 e. The van der Waals surface area contributed by atoms with Crippen LogP contribution in [0.5, 0.6) is 0 Å². The highest BCUT2D eigenvalue weighted by Crippen LogP contribution is 2.24. The van der Waals surface area contributed by atoms with Crippen LogP contribution in [0.1, 0.15) is 32.8 Å². The molecular weight excluding hydrogens is 490 g/mol. The summed E-state index contributed by atoms with van der Waals surface area (Å²) in [6, 6.07) is 9.33. The lowest BCUT2D eigenvalue weighted by atomic mass is 9.88. The Bertz CT molecular complexity index is 1250. The number of halogens is 3. The van der Waals surface area contributed by atoms with Gasteiger partial charge >= 0.3 is 12.1 Å². The van der Waals surface area contributed by atoms with Gasteiger partial charge in [0.05, 0.1) is 11.1 Å². The molecule has 3 aromatic rings. The second-order valence-electron chi connectivity index (χ2n) is 9.69. The fourth-order valence-corrected chi connectivity index (χ4v) is 3.85. The molecule has 36 heavy (non-hydrogen) atoms. The normalized spacial score (nSPS) is 12.2. The summed E-state index contributed by atoms with van der Waals surface area (Å²) in [5, 5.41) is 6.52. The average molecular weight is 519 g/mol. The van der Waals surface area contributed by atoms with Crippen LogP contribution in [0, 0.1) is 17.0 Å². The molecule has 10 heteroatoms. The zero-order valence-electron chi connectivity index (χ0n) is 20.6. The number of aromatic nitrogens is 1. The number of likely N-dealkylation sites (N-methyl/N-ethyl adjacent to an activating group) is 1. The number of anilines is 1. The van der Waals surface area contributed by atoms with E-state index in [0.29, 0.717) is 17.4 Å². The maximum Gasteiger partial charge on any atom is 0.412 e. The van der Waals surface area contributed by atoms with Gasteiger partial charge in [-0.3, -0.25) is 5.32 Å². The smallest absolute Gasteiger partial charge is 0.412 e. The zero-order chi connectivity index (χ0) is 26.5. The van der Waals surface area contributed by atoms with E-state index in [-0.39, 0.29) is 29.4 Å². The van der Waals surface area contributed by atoms with Crippen molar-refractivity contribution in [3.8, 4) is 0 Å². The molecule has 0 fully saturated rings. The van der Waals surface area contributed by atoms with Gasteiger partial charge in [-0.2, -0.15) is 0 Å². The first-order valence-electron chi connectivity index (χ1n) is 11.4. The van der Waals surface area contributed by atoms with Gasteiger partial charge < -0.3 is 15.0 Å². The third-order valence-corrected chi connectivity index (χ3v) is 5.92. The number of ether oxygens (including phenoxy) is 1. The third kappa shape index (κ3) is 7.52. The van der Waals surface area contributed by atoms with Gasteiger partial charge in [-0.15, -0.1) is 0 Å². The third-order valence-electron chi connectivity index (χ3n) is 5.50. The molecule has 0 aliphatic carbocycles. The number of carbonyl (C=O) groups excluding carboxylic acids is 2. The second kappa shape index (κ2) is 11.5. The first-order valence-corrected chi connectivity index (χ1v) is 11.7. The molecule has 1 aromatic heterocycles. The molecule has 0 aliphatic heterocycles. The molecule has 7 nitrogen and oxygen atoms in total. The first kappa shape index (κ1) is 27.1. The molecule has 0 aliphatic rings. The van der Waals surface area contributed by atoms with Crippen LogP contribution in [0.4, 0.5) is 24.2 Å². The number of pyridine rings is 1. The lowest BCUT2D eigenvalue weighted by molar-refractivity contribution is 0.0985. The molecule has 2 N–H and O–H groups in total. The van der Waals surface area contributed by atoms with E-state index in [0.717, 1.165) is 5.39 Å². The number of urea groups is 1. The van der Waals surface area contributed by atoms with Crippen LogP contribution in [0.3, 0.4) is 0 Å². The molecule has 0 bridgehead atoms. The maximum absolute atomic E-state index is 13.7. The molecule has 2 aromatic carbocycles. The Kier molecular flexibility index (Phi) is 8.68. The van der Waals surface area contributed by atoms with E-state index >= 15 is 0 Å². The van der Waals surface area contributed by atoms with Gasteiger partial charge in [-0.05, 0) is 53.1 Å². The Hall–Kier alpha value is -3.46. The lowest BCUT2D eigenvalue weighted by Gasteiger charge is -2.33. The quantitative estimate of drug-likeness (QED) is 0.381. The van der Waals surface area contributed by atoms with E-state index < -0.39 is 29.8 Å². The number of hydrogen-bond donors (Lipinski definition) is 2. The van der Waals surface area contributed by atoms with E-state index in [9.17, 15) is 18.4 Å². The van der Waals surface area contributed by atoms with Crippen molar-refractivity contribution in [1.29, 1.82) is 0 Å². The lowest BCUT2D eigenvalue weighted by Crippen LogP contribution is -2.47. The van der Waals surface area contributed by atoms with Crippen molar-refractivity contribution in [2.45, 2.75) is 39.8 Å². The zero-order valence-corrected chi connectivity index (χ0v) is 21.3. The Balaban J connectivity index is 1.62. The molecule has 0 spiro atoms.